The van der Waals surface area contributed by atoms with E-state index in [9.17, 15) is 17.6 Å². The highest BCUT2D eigenvalue weighted by atomic mass is 32.2. The number of amides is 1. The number of carbonyl (C=O) groups is 1. The molecule has 0 radical (unpaired) electrons. The van der Waals surface area contributed by atoms with Gasteiger partial charge in [-0.1, -0.05) is 0 Å². The highest BCUT2D eigenvalue weighted by Gasteiger charge is 2.41. The van der Waals surface area contributed by atoms with Gasteiger partial charge in [-0.2, -0.15) is 4.31 Å². The summed E-state index contributed by atoms with van der Waals surface area (Å²) in [5, 5.41) is 0. The maximum Gasteiger partial charge on any atom is 0.243 e. The molecule has 1 aromatic carbocycles. The largest absolute Gasteiger partial charge is 0.381 e. The van der Waals surface area contributed by atoms with Crippen LogP contribution in [0.3, 0.4) is 0 Å². The molecule has 2 aliphatic rings. The van der Waals surface area contributed by atoms with Gasteiger partial charge in [0.15, 0.2) is 0 Å². The molecule has 138 valence electrons. The second-order valence-corrected chi connectivity index (χ2v) is 8.41. The van der Waals surface area contributed by atoms with E-state index in [0.29, 0.717) is 32.6 Å². The Bertz CT molecular complexity index is 717. The zero-order valence-corrected chi connectivity index (χ0v) is 15.0. The molecule has 8 heteroatoms. The Hall–Kier alpha value is -1.51. The fraction of sp³-hybridized carbons (Fsp3) is 0.588. The second kappa shape index (κ2) is 7.39. The first-order chi connectivity index (χ1) is 11.9. The van der Waals surface area contributed by atoms with E-state index in [1.165, 1.54) is 16.4 Å². The monoisotopic (exact) mass is 370 g/mol. The molecule has 1 aromatic rings. The first-order valence-electron chi connectivity index (χ1n) is 8.53. The van der Waals surface area contributed by atoms with Crippen LogP contribution in [0.2, 0.25) is 0 Å². The van der Waals surface area contributed by atoms with Gasteiger partial charge in [0.25, 0.3) is 0 Å². The molecular weight excluding hydrogens is 347 g/mol. The smallest absolute Gasteiger partial charge is 0.243 e. The molecule has 1 amide bonds. The zero-order chi connectivity index (χ0) is 18.0. The van der Waals surface area contributed by atoms with Gasteiger partial charge in [0, 0.05) is 32.8 Å². The van der Waals surface area contributed by atoms with Crippen molar-refractivity contribution in [3.63, 3.8) is 0 Å². The summed E-state index contributed by atoms with van der Waals surface area (Å²) in [6, 6.07) is 4.11. The molecule has 6 nitrogen and oxygen atoms in total. The summed E-state index contributed by atoms with van der Waals surface area (Å²) in [6.07, 6.45) is 2.67. The van der Waals surface area contributed by atoms with Crippen molar-refractivity contribution in [1.29, 1.82) is 0 Å². The number of ether oxygens (including phenoxy) is 1. The van der Waals surface area contributed by atoms with Crippen LogP contribution in [0.25, 0.3) is 0 Å². The van der Waals surface area contributed by atoms with Crippen LogP contribution in [0.4, 0.5) is 4.39 Å². The van der Waals surface area contributed by atoms with E-state index in [2.05, 4.69) is 0 Å². The van der Waals surface area contributed by atoms with E-state index < -0.39 is 21.9 Å². The van der Waals surface area contributed by atoms with Gasteiger partial charge < -0.3 is 9.64 Å². The average molecular weight is 370 g/mol. The van der Waals surface area contributed by atoms with Crippen LogP contribution in [0.1, 0.15) is 25.7 Å². The lowest BCUT2D eigenvalue weighted by molar-refractivity contribution is -0.137. The highest BCUT2D eigenvalue weighted by molar-refractivity contribution is 7.89. The summed E-state index contributed by atoms with van der Waals surface area (Å²) < 4.78 is 45.4. The highest BCUT2D eigenvalue weighted by Crippen LogP contribution is 2.28. The average Bonchev–Trinajstić information content (AvgIpc) is 3.12. The lowest BCUT2D eigenvalue weighted by Gasteiger charge is -2.34. The van der Waals surface area contributed by atoms with Gasteiger partial charge >= 0.3 is 0 Å². The van der Waals surface area contributed by atoms with E-state index in [0.717, 1.165) is 25.0 Å². The maximum atomic E-state index is 13.1. The van der Waals surface area contributed by atoms with Gasteiger partial charge in [0.1, 0.15) is 11.9 Å². The van der Waals surface area contributed by atoms with Crippen LogP contribution in [0.15, 0.2) is 29.2 Å². The van der Waals surface area contributed by atoms with Crippen molar-refractivity contribution < 1.29 is 22.3 Å². The van der Waals surface area contributed by atoms with Gasteiger partial charge in [-0.15, -0.1) is 0 Å². The van der Waals surface area contributed by atoms with Crippen LogP contribution < -0.4 is 0 Å². The molecule has 0 unspecified atom stereocenters. The Morgan fingerprint density at radius 3 is 2.48 bits per heavy atom. The molecule has 2 saturated heterocycles. The van der Waals surface area contributed by atoms with E-state index in [-0.39, 0.29) is 16.8 Å². The molecular formula is C17H23FN2O4S. The molecule has 3 rings (SSSR count). The number of hydrogen-bond donors (Lipinski definition) is 0. The molecule has 2 heterocycles. The van der Waals surface area contributed by atoms with Gasteiger partial charge in [0.05, 0.1) is 4.90 Å². The molecule has 2 aliphatic heterocycles. The third-order valence-corrected chi connectivity index (χ3v) is 6.92. The van der Waals surface area contributed by atoms with Crippen LogP contribution in [-0.4, -0.2) is 62.4 Å². The van der Waals surface area contributed by atoms with Crippen LogP contribution >= 0.6 is 0 Å². The normalized spacial score (nSPS) is 22.9. The van der Waals surface area contributed by atoms with Gasteiger partial charge in [-0.25, -0.2) is 12.8 Å². The molecule has 0 bridgehead atoms. The first kappa shape index (κ1) is 18.3. The minimum atomic E-state index is -3.82. The minimum Gasteiger partial charge on any atom is -0.381 e. The number of rotatable bonds is 4. The van der Waals surface area contributed by atoms with Crippen molar-refractivity contribution in [3.05, 3.63) is 30.1 Å². The van der Waals surface area contributed by atoms with Crippen molar-refractivity contribution in [3.8, 4) is 0 Å². The second-order valence-electron chi connectivity index (χ2n) is 6.52. The number of carbonyl (C=O) groups excluding carboxylic acids is 1. The van der Waals surface area contributed by atoms with Crippen molar-refractivity contribution >= 4 is 15.9 Å². The number of hydrogen-bond acceptors (Lipinski definition) is 4. The summed E-state index contributed by atoms with van der Waals surface area (Å²) >= 11 is 0. The van der Waals surface area contributed by atoms with E-state index in [4.69, 9.17) is 4.74 Å². The first-order valence-corrected chi connectivity index (χ1v) is 9.97. The molecule has 0 aliphatic carbocycles. The van der Waals surface area contributed by atoms with Gasteiger partial charge in [-0.3, -0.25) is 4.79 Å². The lowest BCUT2D eigenvalue weighted by atomic mass is 10.1. The molecule has 2 fully saturated rings. The summed E-state index contributed by atoms with van der Waals surface area (Å²) in [5.74, 6) is -0.665. The van der Waals surface area contributed by atoms with Crippen molar-refractivity contribution in [2.45, 2.75) is 42.7 Å². The molecule has 0 N–H and O–H groups in total. The molecule has 0 aromatic heterocycles. The fourth-order valence-corrected chi connectivity index (χ4v) is 5.15. The molecule has 1 atom stereocenters. The van der Waals surface area contributed by atoms with Crippen LogP contribution in [0.5, 0.6) is 0 Å². The van der Waals surface area contributed by atoms with Crippen LogP contribution in [0, 0.1) is 5.82 Å². The van der Waals surface area contributed by atoms with E-state index in [1.54, 1.807) is 11.9 Å². The summed E-state index contributed by atoms with van der Waals surface area (Å²) in [6.45, 7) is 1.53. The fourth-order valence-electron chi connectivity index (χ4n) is 3.50. The topological polar surface area (TPSA) is 66.9 Å². The van der Waals surface area contributed by atoms with E-state index in [1.807, 2.05) is 0 Å². The standard InChI is InChI=1S/C17H23FN2O4S/c1-19(14-8-11-24-12-9-14)17(21)16-3-2-10-20(16)25(22,23)15-6-4-13(18)5-7-15/h4-7,14,16H,2-3,8-12H2,1H3/t16-/m0/s1. The maximum absolute atomic E-state index is 13.1. The van der Waals surface area contributed by atoms with Gasteiger partial charge in [0.2, 0.25) is 15.9 Å². The minimum absolute atomic E-state index is 0.0160. The Labute approximate surface area is 147 Å². The molecule has 25 heavy (non-hydrogen) atoms. The molecule has 0 saturated carbocycles. The Morgan fingerprint density at radius 1 is 1.20 bits per heavy atom. The number of sulfonamides is 1. The predicted octanol–water partition coefficient (Wildman–Crippen LogP) is 1.62. The summed E-state index contributed by atoms with van der Waals surface area (Å²) in [4.78, 5) is 14.6. The Morgan fingerprint density at radius 2 is 1.84 bits per heavy atom. The van der Waals surface area contributed by atoms with Crippen molar-refractivity contribution in [1.82, 2.24) is 9.21 Å². The summed E-state index contributed by atoms with van der Waals surface area (Å²) in [7, 11) is -2.08. The van der Waals surface area contributed by atoms with Gasteiger partial charge in [-0.05, 0) is 49.9 Å². The van der Waals surface area contributed by atoms with E-state index >= 15 is 0 Å². The Balaban J connectivity index is 1.79. The number of nitrogens with zero attached hydrogens (tertiary/aromatic N) is 2. The predicted molar refractivity (Wildman–Crippen MR) is 89.9 cm³/mol. The third-order valence-electron chi connectivity index (χ3n) is 5.00. The quantitative estimate of drug-likeness (QED) is 0.808. The SMILES string of the molecule is CN(C(=O)[C@@H]1CCCN1S(=O)(=O)c1ccc(F)cc1)C1CCOCC1. The van der Waals surface area contributed by atoms with Crippen LogP contribution in [-0.2, 0) is 19.6 Å². The van der Waals surface area contributed by atoms with Crippen molar-refractivity contribution in [2.75, 3.05) is 26.8 Å². The Kier molecular flexibility index (Phi) is 5.41. The lowest BCUT2D eigenvalue weighted by Crippen LogP contribution is -2.50. The number of benzene rings is 1. The zero-order valence-electron chi connectivity index (χ0n) is 14.2. The van der Waals surface area contributed by atoms with Crippen molar-refractivity contribution in [2.24, 2.45) is 0 Å². The third kappa shape index (κ3) is 3.70. The number of halogens is 1. The summed E-state index contributed by atoms with van der Waals surface area (Å²) in [5.41, 5.74) is 0. The molecule has 0 spiro atoms. The number of likely N-dealkylation sites (N-methyl/N-ethyl adjacent to an activating group) is 1.